The maximum absolute atomic E-state index is 13.4. The van der Waals surface area contributed by atoms with E-state index in [2.05, 4.69) is 12.2 Å². The van der Waals surface area contributed by atoms with Gasteiger partial charge in [-0.15, -0.1) is 0 Å². The van der Waals surface area contributed by atoms with Crippen LogP contribution in [0.4, 0.5) is 4.39 Å². The molecule has 1 N–H and O–H groups in total. The van der Waals surface area contributed by atoms with Crippen LogP contribution in [0.15, 0.2) is 18.2 Å². The second kappa shape index (κ2) is 7.74. The number of halogens is 1. The zero-order valence-corrected chi connectivity index (χ0v) is 13.3. The molecule has 1 aromatic carbocycles. The zero-order chi connectivity index (χ0) is 15.2. The van der Waals surface area contributed by atoms with Gasteiger partial charge >= 0.3 is 0 Å². The van der Waals surface area contributed by atoms with Crippen molar-refractivity contribution >= 4 is 9.84 Å². The van der Waals surface area contributed by atoms with Crippen molar-refractivity contribution in [3.8, 4) is 0 Å². The summed E-state index contributed by atoms with van der Waals surface area (Å²) in [7, 11) is -2.94. The number of aryl methyl sites for hydroxylation is 1. The van der Waals surface area contributed by atoms with E-state index in [9.17, 15) is 12.8 Å². The first-order chi connectivity index (χ1) is 9.33. The Morgan fingerprint density at radius 3 is 2.65 bits per heavy atom. The summed E-state index contributed by atoms with van der Waals surface area (Å²) in [5.41, 5.74) is 1.95. The van der Waals surface area contributed by atoms with Crippen molar-refractivity contribution in [3.05, 3.63) is 35.1 Å². The third-order valence-corrected chi connectivity index (χ3v) is 4.30. The highest BCUT2D eigenvalue weighted by Crippen LogP contribution is 2.23. The molecule has 0 radical (unpaired) electrons. The maximum Gasteiger partial charge on any atom is 0.147 e. The van der Waals surface area contributed by atoms with Gasteiger partial charge in [-0.3, -0.25) is 0 Å². The van der Waals surface area contributed by atoms with Gasteiger partial charge in [-0.2, -0.15) is 0 Å². The molecule has 3 nitrogen and oxygen atoms in total. The van der Waals surface area contributed by atoms with Gasteiger partial charge in [0.2, 0.25) is 0 Å². The predicted molar refractivity (Wildman–Crippen MR) is 81.1 cm³/mol. The Bertz CT molecular complexity index is 529. The summed E-state index contributed by atoms with van der Waals surface area (Å²) in [5, 5.41) is 3.38. The first kappa shape index (κ1) is 17.1. The van der Waals surface area contributed by atoms with Crippen LogP contribution < -0.4 is 5.32 Å². The highest BCUT2D eigenvalue weighted by molar-refractivity contribution is 7.90. The van der Waals surface area contributed by atoms with Gasteiger partial charge in [-0.1, -0.05) is 13.0 Å². The molecule has 0 saturated carbocycles. The Labute approximate surface area is 121 Å². The lowest BCUT2D eigenvalue weighted by molar-refractivity contribution is 0.487. The van der Waals surface area contributed by atoms with E-state index in [0.29, 0.717) is 12.8 Å². The van der Waals surface area contributed by atoms with Gasteiger partial charge in [0.25, 0.3) is 0 Å². The molecule has 5 heteroatoms. The first-order valence-electron chi connectivity index (χ1n) is 7.00. The van der Waals surface area contributed by atoms with Crippen LogP contribution in [-0.2, 0) is 9.84 Å². The maximum atomic E-state index is 13.4. The van der Waals surface area contributed by atoms with Gasteiger partial charge in [-0.05, 0) is 56.0 Å². The van der Waals surface area contributed by atoms with Crippen molar-refractivity contribution in [1.82, 2.24) is 5.32 Å². The normalized spacial score (nSPS) is 13.4. The summed E-state index contributed by atoms with van der Waals surface area (Å²) in [5.74, 6) is -0.0805. The lowest BCUT2D eigenvalue weighted by Gasteiger charge is -2.21. The molecule has 0 aromatic heterocycles. The summed E-state index contributed by atoms with van der Waals surface area (Å²) >= 11 is 0. The van der Waals surface area contributed by atoms with Gasteiger partial charge < -0.3 is 5.32 Å². The van der Waals surface area contributed by atoms with Gasteiger partial charge in [0.15, 0.2) is 0 Å². The fourth-order valence-corrected chi connectivity index (χ4v) is 2.91. The molecule has 1 aromatic rings. The fraction of sp³-hybridized carbons (Fsp3) is 0.600. The van der Waals surface area contributed by atoms with Crippen molar-refractivity contribution in [2.45, 2.75) is 39.2 Å². The molecule has 114 valence electrons. The SMILES string of the molecule is CCCNC(CCCS(C)(=O)=O)c1cc(F)ccc1C. The highest BCUT2D eigenvalue weighted by Gasteiger charge is 2.15. The molecule has 0 saturated heterocycles. The van der Waals surface area contributed by atoms with E-state index >= 15 is 0 Å². The molecule has 0 aliphatic heterocycles. The van der Waals surface area contributed by atoms with E-state index in [1.54, 1.807) is 12.1 Å². The van der Waals surface area contributed by atoms with Crippen molar-refractivity contribution in [2.75, 3.05) is 18.6 Å². The number of rotatable bonds is 8. The monoisotopic (exact) mass is 301 g/mol. The number of hydrogen-bond donors (Lipinski definition) is 1. The quantitative estimate of drug-likeness (QED) is 0.803. The van der Waals surface area contributed by atoms with E-state index in [1.165, 1.54) is 12.3 Å². The Morgan fingerprint density at radius 2 is 2.05 bits per heavy atom. The molecule has 0 aliphatic carbocycles. The third kappa shape index (κ3) is 6.01. The van der Waals surface area contributed by atoms with E-state index in [-0.39, 0.29) is 17.6 Å². The molecule has 1 rings (SSSR count). The van der Waals surface area contributed by atoms with Crippen LogP contribution in [0.25, 0.3) is 0 Å². The third-order valence-electron chi connectivity index (χ3n) is 3.27. The van der Waals surface area contributed by atoms with Crippen molar-refractivity contribution in [2.24, 2.45) is 0 Å². The fourth-order valence-electron chi connectivity index (χ4n) is 2.22. The highest BCUT2D eigenvalue weighted by atomic mass is 32.2. The zero-order valence-electron chi connectivity index (χ0n) is 12.4. The average Bonchev–Trinajstić information content (AvgIpc) is 2.35. The second-order valence-corrected chi connectivity index (χ2v) is 7.54. The lowest BCUT2D eigenvalue weighted by atomic mass is 9.97. The van der Waals surface area contributed by atoms with E-state index in [4.69, 9.17) is 0 Å². The van der Waals surface area contributed by atoms with Crippen LogP contribution in [0.5, 0.6) is 0 Å². The van der Waals surface area contributed by atoms with Crippen molar-refractivity contribution in [3.63, 3.8) is 0 Å². The number of sulfone groups is 1. The molecular weight excluding hydrogens is 277 g/mol. The van der Waals surface area contributed by atoms with Crippen LogP contribution in [-0.4, -0.2) is 27.0 Å². The average molecular weight is 301 g/mol. The van der Waals surface area contributed by atoms with Crippen LogP contribution >= 0.6 is 0 Å². The summed E-state index contributed by atoms with van der Waals surface area (Å²) < 4.78 is 35.8. The van der Waals surface area contributed by atoms with E-state index < -0.39 is 9.84 Å². The predicted octanol–water partition coefficient (Wildman–Crippen LogP) is 3.00. The second-order valence-electron chi connectivity index (χ2n) is 5.28. The van der Waals surface area contributed by atoms with Gasteiger partial charge in [-0.25, -0.2) is 12.8 Å². The molecule has 1 unspecified atom stereocenters. The summed E-state index contributed by atoms with van der Waals surface area (Å²) in [6.45, 7) is 4.85. The molecule has 0 aliphatic rings. The minimum absolute atomic E-state index is 0.00685. The summed E-state index contributed by atoms with van der Waals surface area (Å²) in [6.07, 6.45) is 3.50. The topological polar surface area (TPSA) is 46.2 Å². The molecule has 20 heavy (non-hydrogen) atoms. The summed E-state index contributed by atoms with van der Waals surface area (Å²) in [4.78, 5) is 0. The lowest BCUT2D eigenvalue weighted by Crippen LogP contribution is -2.23. The Kier molecular flexibility index (Phi) is 6.62. The molecule has 0 heterocycles. The van der Waals surface area contributed by atoms with Crippen LogP contribution in [0.1, 0.15) is 43.4 Å². The Morgan fingerprint density at radius 1 is 1.35 bits per heavy atom. The minimum Gasteiger partial charge on any atom is -0.310 e. The van der Waals surface area contributed by atoms with Crippen LogP contribution in [0.3, 0.4) is 0 Å². The standard InChI is InChI=1S/C15H24FNO2S/c1-4-9-17-15(6-5-10-20(3,18)19)14-11-13(16)8-7-12(14)2/h7-8,11,15,17H,4-6,9-10H2,1-3H3. The van der Waals surface area contributed by atoms with Crippen LogP contribution in [0.2, 0.25) is 0 Å². The van der Waals surface area contributed by atoms with E-state index in [1.807, 2.05) is 6.92 Å². The van der Waals surface area contributed by atoms with Crippen LogP contribution in [0, 0.1) is 12.7 Å². The largest absolute Gasteiger partial charge is 0.310 e. The van der Waals surface area contributed by atoms with E-state index in [0.717, 1.165) is 24.1 Å². The summed E-state index contributed by atoms with van der Waals surface area (Å²) in [6, 6.07) is 4.77. The Balaban J connectivity index is 2.80. The Hall–Kier alpha value is -0.940. The number of hydrogen-bond acceptors (Lipinski definition) is 3. The van der Waals surface area contributed by atoms with Gasteiger partial charge in [0, 0.05) is 18.1 Å². The molecule has 0 bridgehead atoms. The number of nitrogens with one attached hydrogen (secondary N) is 1. The molecule has 1 atom stereocenters. The molecular formula is C15H24FNO2S. The van der Waals surface area contributed by atoms with Crippen molar-refractivity contribution in [1.29, 1.82) is 0 Å². The number of benzene rings is 1. The van der Waals surface area contributed by atoms with Gasteiger partial charge in [0.1, 0.15) is 15.7 Å². The molecule has 0 fully saturated rings. The molecule has 0 spiro atoms. The van der Waals surface area contributed by atoms with Gasteiger partial charge in [0.05, 0.1) is 0 Å². The first-order valence-corrected chi connectivity index (χ1v) is 9.06. The van der Waals surface area contributed by atoms with Crippen molar-refractivity contribution < 1.29 is 12.8 Å². The minimum atomic E-state index is -2.94. The smallest absolute Gasteiger partial charge is 0.147 e. The molecule has 0 amide bonds.